The van der Waals surface area contributed by atoms with Gasteiger partial charge >= 0.3 is 6.18 Å². The highest BCUT2D eigenvalue weighted by atomic mass is 35.5. The van der Waals surface area contributed by atoms with Crippen LogP contribution in [0.15, 0.2) is 24.5 Å². The minimum Gasteiger partial charge on any atom is -0.349 e. The SMILES string of the molecule is O=C(Cc1ccc(C2(C(F)(F)F)CC2)nc1)NCc1ncc(Cl)s1. The van der Waals surface area contributed by atoms with Gasteiger partial charge in [-0.2, -0.15) is 13.2 Å². The third kappa shape index (κ3) is 3.54. The molecular weight excluding hydrogens is 363 g/mol. The molecule has 0 saturated heterocycles. The van der Waals surface area contributed by atoms with Crippen molar-refractivity contribution in [2.75, 3.05) is 0 Å². The Morgan fingerprint density at radius 2 is 2.04 bits per heavy atom. The van der Waals surface area contributed by atoms with Gasteiger partial charge in [-0.05, 0) is 24.5 Å². The molecule has 24 heavy (non-hydrogen) atoms. The maximum absolute atomic E-state index is 13.0. The number of hydrogen-bond donors (Lipinski definition) is 1. The first kappa shape index (κ1) is 17.2. The summed E-state index contributed by atoms with van der Waals surface area (Å²) in [6.45, 7) is 0.263. The molecule has 128 valence electrons. The summed E-state index contributed by atoms with van der Waals surface area (Å²) in [5, 5.41) is 3.37. The molecule has 1 N–H and O–H groups in total. The predicted octanol–water partition coefficient (Wildman–Crippen LogP) is 3.64. The van der Waals surface area contributed by atoms with Crippen molar-refractivity contribution in [2.24, 2.45) is 0 Å². The number of carbonyl (C=O) groups is 1. The van der Waals surface area contributed by atoms with Gasteiger partial charge in [-0.1, -0.05) is 17.7 Å². The molecule has 0 unspecified atom stereocenters. The second kappa shape index (κ2) is 6.33. The molecule has 0 atom stereocenters. The van der Waals surface area contributed by atoms with Crippen molar-refractivity contribution >= 4 is 28.8 Å². The van der Waals surface area contributed by atoms with E-state index in [0.717, 1.165) is 0 Å². The van der Waals surface area contributed by atoms with Crippen LogP contribution in [-0.4, -0.2) is 22.1 Å². The third-order valence-corrected chi connectivity index (χ3v) is 5.05. The van der Waals surface area contributed by atoms with Gasteiger partial charge in [-0.25, -0.2) is 4.98 Å². The number of hydrogen-bond acceptors (Lipinski definition) is 4. The van der Waals surface area contributed by atoms with E-state index in [1.165, 1.54) is 35.9 Å². The Morgan fingerprint density at radius 1 is 1.29 bits per heavy atom. The molecule has 9 heteroatoms. The van der Waals surface area contributed by atoms with Crippen molar-refractivity contribution in [2.45, 2.75) is 37.4 Å². The minimum atomic E-state index is -4.28. The number of nitrogens with one attached hydrogen (secondary N) is 1. The number of halogens is 4. The van der Waals surface area contributed by atoms with Crippen molar-refractivity contribution in [3.8, 4) is 0 Å². The molecule has 1 amide bonds. The number of pyridine rings is 1. The maximum atomic E-state index is 13.0. The normalized spacial score (nSPS) is 16.0. The number of carbonyl (C=O) groups excluding carboxylic acids is 1. The van der Waals surface area contributed by atoms with Crippen LogP contribution < -0.4 is 5.32 Å². The fourth-order valence-corrected chi connectivity index (χ4v) is 3.31. The Kier molecular flexibility index (Phi) is 4.52. The molecular formula is C15H13ClF3N3OS. The molecule has 0 radical (unpaired) electrons. The molecule has 2 heterocycles. The molecule has 1 aliphatic rings. The van der Waals surface area contributed by atoms with Gasteiger partial charge < -0.3 is 5.32 Å². The predicted molar refractivity (Wildman–Crippen MR) is 83.9 cm³/mol. The zero-order valence-corrected chi connectivity index (χ0v) is 13.9. The van der Waals surface area contributed by atoms with E-state index in [9.17, 15) is 18.0 Å². The van der Waals surface area contributed by atoms with Crippen LogP contribution in [0.5, 0.6) is 0 Å². The lowest BCUT2D eigenvalue weighted by Gasteiger charge is -2.18. The number of amides is 1. The van der Waals surface area contributed by atoms with Crippen LogP contribution in [0.1, 0.15) is 29.1 Å². The average molecular weight is 376 g/mol. The number of thiazole rings is 1. The van der Waals surface area contributed by atoms with Crippen molar-refractivity contribution in [1.29, 1.82) is 0 Å². The second-order valence-corrected chi connectivity index (χ2v) is 7.39. The Hall–Kier alpha value is -1.67. The van der Waals surface area contributed by atoms with Crippen molar-refractivity contribution < 1.29 is 18.0 Å². The van der Waals surface area contributed by atoms with Gasteiger partial charge in [0.25, 0.3) is 0 Å². The molecule has 4 nitrogen and oxygen atoms in total. The molecule has 3 rings (SSSR count). The van der Waals surface area contributed by atoms with E-state index in [0.29, 0.717) is 14.9 Å². The summed E-state index contributed by atoms with van der Waals surface area (Å²) in [5.41, 5.74) is -1.21. The van der Waals surface area contributed by atoms with Crippen molar-refractivity contribution in [3.63, 3.8) is 0 Å². The summed E-state index contributed by atoms with van der Waals surface area (Å²) in [6, 6.07) is 2.89. The first-order valence-corrected chi connectivity index (χ1v) is 8.39. The van der Waals surface area contributed by atoms with E-state index in [4.69, 9.17) is 11.6 Å². The fraction of sp³-hybridized carbons (Fsp3) is 0.400. The lowest BCUT2D eigenvalue weighted by atomic mass is 10.0. The molecule has 0 aliphatic heterocycles. The van der Waals surface area contributed by atoms with E-state index in [-0.39, 0.29) is 37.4 Å². The molecule has 1 saturated carbocycles. The topological polar surface area (TPSA) is 54.9 Å². The van der Waals surface area contributed by atoms with Gasteiger partial charge in [-0.3, -0.25) is 9.78 Å². The highest BCUT2D eigenvalue weighted by Gasteiger charge is 2.65. The highest BCUT2D eigenvalue weighted by molar-refractivity contribution is 7.15. The van der Waals surface area contributed by atoms with Gasteiger partial charge in [0.1, 0.15) is 14.8 Å². The molecule has 0 spiro atoms. The van der Waals surface area contributed by atoms with E-state index in [2.05, 4.69) is 15.3 Å². The van der Waals surface area contributed by atoms with Gasteiger partial charge in [0.05, 0.1) is 24.9 Å². The Labute approximate surface area is 145 Å². The lowest BCUT2D eigenvalue weighted by Crippen LogP contribution is -2.29. The van der Waals surface area contributed by atoms with Crippen LogP contribution in [0.2, 0.25) is 4.34 Å². The van der Waals surface area contributed by atoms with E-state index >= 15 is 0 Å². The second-order valence-electron chi connectivity index (χ2n) is 5.64. The van der Waals surface area contributed by atoms with Crippen LogP contribution >= 0.6 is 22.9 Å². The minimum absolute atomic E-state index is 0.0246. The summed E-state index contributed by atoms with van der Waals surface area (Å²) >= 11 is 7.02. The van der Waals surface area contributed by atoms with Crippen LogP contribution in [-0.2, 0) is 23.2 Å². The summed E-state index contributed by atoms with van der Waals surface area (Å²) in [5.74, 6) is -0.257. The number of alkyl halides is 3. The van der Waals surface area contributed by atoms with Gasteiger partial charge in [0, 0.05) is 6.20 Å². The van der Waals surface area contributed by atoms with Crippen LogP contribution in [0.3, 0.4) is 0 Å². The van der Waals surface area contributed by atoms with Gasteiger partial charge in [-0.15, -0.1) is 11.3 Å². The number of rotatable bonds is 5. The molecule has 0 aromatic carbocycles. The van der Waals surface area contributed by atoms with Crippen LogP contribution in [0.4, 0.5) is 13.2 Å². The monoisotopic (exact) mass is 375 g/mol. The number of nitrogens with zero attached hydrogens (tertiary/aromatic N) is 2. The van der Waals surface area contributed by atoms with Gasteiger partial charge in [0.15, 0.2) is 0 Å². The first-order chi connectivity index (χ1) is 11.3. The zero-order valence-electron chi connectivity index (χ0n) is 12.4. The molecule has 2 aromatic heterocycles. The van der Waals surface area contributed by atoms with E-state index < -0.39 is 11.6 Å². The fourth-order valence-electron chi connectivity index (χ4n) is 2.41. The van der Waals surface area contributed by atoms with E-state index in [1.807, 2.05) is 0 Å². The van der Waals surface area contributed by atoms with Crippen molar-refractivity contribution in [1.82, 2.24) is 15.3 Å². The molecule has 1 aliphatic carbocycles. The largest absolute Gasteiger partial charge is 0.399 e. The van der Waals surface area contributed by atoms with Crippen LogP contribution in [0.25, 0.3) is 0 Å². The zero-order chi connectivity index (χ0) is 17.4. The van der Waals surface area contributed by atoms with Crippen LogP contribution in [0, 0.1) is 0 Å². The maximum Gasteiger partial charge on any atom is 0.399 e. The number of aromatic nitrogens is 2. The van der Waals surface area contributed by atoms with Crippen molar-refractivity contribution in [3.05, 3.63) is 45.1 Å². The summed E-state index contributed by atoms with van der Waals surface area (Å²) in [4.78, 5) is 19.8. The Morgan fingerprint density at radius 3 is 2.54 bits per heavy atom. The lowest BCUT2D eigenvalue weighted by molar-refractivity contribution is -0.161. The standard InChI is InChI=1S/C15H13ClF3N3OS/c16-11-7-22-13(24-11)8-21-12(23)5-9-1-2-10(20-6-9)14(3-4-14)15(17,18)19/h1-2,6-7H,3-5,8H2,(H,21,23). The molecule has 1 fully saturated rings. The quantitative estimate of drug-likeness (QED) is 0.868. The average Bonchev–Trinajstić information content (AvgIpc) is 3.24. The molecule has 0 bridgehead atoms. The summed E-state index contributed by atoms with van der Waals surface area (Å²) in [7, 11) is 0. The molecule has 2 aromatic rings. The highest BCUT2D eigenvalue weighted by Crippen LogP contribution is 2.58. The third-order valence-electron chi connectivity index (χ3n) is 3.93. The van der Waals surface area contributed by atoms with E-state index in [1.54, 1.807) is 0 Å². The Balaban J connectivity index is 1.57. The summed E-state index contributed by atoms with van der Waals surface area (Å²) < 4.78 is 39.7. The summed E-state index contributed by atoms with van der Waals surface area (Å²) in [6.07, 6.45) is -1.26. The Bertz CT molecular complexity index is 741. The smallest absolute Gasteiger partial charge is 0.349 e. The van der Waals surface area contributed by atoms with Gasteiger partial charge in [0.2, 0.25) is 5.91 Å². The first-order valence-electron chi connectivity index (χ1n) is 7.19.